The molecule has 0 atom stereocenters. The summed E-state index contributed by atoms with van der Waals surface area (Å²) in [6.45, 7) is 0. The van der Waals surface area contributed by atoms with Crippen molar-refractivity contribution in [2.75, 3.05) is 0 Å². The van der Waals surface area contributed by atoms with Crippen LogP contribution in [0.2, 0.25) is 10.0 Å². The highest BCUT2D eigenvalue weighted by atomic mass is 35.5. The average Bonchev–Trinajstić information content (AvgIpc) is 3.60. The molecule has 0 aliphatic carbocycles. The first-order valence-electron chi connectivity index (χ1n) is 11.7. The minimum absolute atomic E-state index is 0.295. The molecule has 0 fully saturated rings. The Morgan fingerprint density at radius 3 is 2.54 bits per heavy atom. The van der Waals surface area contributed by atoms with Crippen LogP contribution in [0.4, 0.5) is 0 Å². The van der Waals surface area contributed by atoms with Crippen molar-refractivity contribution < 1.29 is 4.42 Å². The van der Waals surface area contributed by atoms with Crippen molar-refractivity contribution in [3.63, 3.8) is 0 Å². The van der Waals surface area contributed by atoms with Gasteiger partial charge in [-0.05, 0) is 54.6 Å². The minimum atomic E-state index is -0.515. The third-order valence-electron chi connectivity index (χ3n) is 6.01. The lowest BCUT2D eigenvalue weighted by Gasteiger charge is -2.01. The SMILES string of the molecule is N#CC(=Cc1cn(-c2ccccc2)nc1-c1ccc(Cl)cc1)c1nc(-c2cc3cc(Cl)ccc3oc2=O)cs1. The number of halogens is 2. The van der Waals surface area contributed by atoms with Crippen molar-refractivity contribution in [2.24, 2.45) is 0 Å². The van der Waals surface area contributed by atoms with E-state index >= 15 is 0 Å². The normalized spacial score (nSPS) is 11.6. The lowest BCUT2D eigenvalue weighted by Crippen LogP contribution is -2.02. The monoisotopic (exact) mass is 566 g/mol. The number of rotatable bonds is 5. The molecule has 0 amide bonds. The molecule has 6 aromatic rings. The largest absolute Gasteiger partial charge is 0.422 e. The van der Waals surface area contributed by atoms with Gasteiger partial charge in [-0.2, -0.15) is 10.4 Å². The molecule has 0 unspecified atom stereocenters. The Kier molecular flexibility index (Phi) is 6.59. The van der Waals surface area contributed by atoms with E-state index in [0.29, 0.717) is 48.5 Å². The molecule has 3 aromatic carbocycles. The zero-order valence-corrected chi connectivity index (χ0v) is 22.3. The Balaban J connectivity index is 1.43. The van der Waals surface area contributed by atoms with Crippen LogP contribution in [0.25, 0.3) is 50.8 Å². The van der Waals surface area contributed by atoms with Gasteiger partial charge in [-0.1, -0.05) is 53.5 Å². The van der Waals surface area contributed by atoms with E-state index in [4.69, 9.17) is 32.7 Å². The maximum atomic E-state index is 12.7. The second kappa shape index (κ2) is 10.4. The summed E-state index contributed by atoms with van der Waals surface area (Å²) in [5.41, 5.74) is 4.12. The van der Waals surface area contributed by atoms with Crippen molar-refractivity contribution in [3.05, 3.63) is 121 Å². The summed E-state index contributed by atoms with van der Waals surface area (Å²) in [4.78, 5) is 17.3. The van der Waals surface area contributed by atoms with Crippen molar-refractivity contribution in [2.45, 2.75) is 0 Å². The fraction of sp³-hybridized carbons (Fsp3) is 0. The first-order valence-corrected chi connectivity index (χ1v) is 13.3. The summed E-state index contributed by atoms with van der Waals surface area (Å²) in [5, 5.41) is 18.9. The van der Waals surface area contributed by atoms with Gasteiger partial charge in [0.05, 0.1) is 28.2 Å². The Morgan fingerprint density at radius 1 is 1.00 bits per heavy atom. The summed E-state index contributed by atoms with van der Waals surface area (Å²) in [6.07, 6.45) is 3.62. The smallest absolute Gasteiger partial charge is 0.345 e. The molecular formula is C30H16Cl2N4O2S. The molecule has 0 aliphatic rings. The van der Waals surface area contributed by atoms with Gasteiger partial charge in [-0.3, -0.25) is 0 Å². The van der Waals surface area contributed by atoms with E-state index in [1.165, 1.54) is 11.3 Å². The summed E-state index contributed by atoms with van der Waals surface area (Å²) in [6, 6.07) is 26.1. The van der Waals surface area contributed by atoms with Gasteiger partial charge in [-0.25, -0.2) is 14.5 Å². The molecule has 0 bridgehead atoms. The van der Waals surface area contributed by atoms with Crippen LogP contribution in [0.3, 0.4) is 0 Å². The lowest BCUT2D eigenvalue weighted by molar-refractivity contribution is 0.563. The lowest BCUT2D eigenvalue weighted by atomic mass is 10.1. The van der Waals surface area contributed by atoms with Gasteiger partial charge in [0.15, 0.2) is 0 Å². The summed E-state index contributed by atoms with van der Waals surface area (Å²) in [7, 11) is 0. The van der Waals surface area contributed by atoms with Crippen LogP contribution in [-0.2, 0) is 0 Å². The number of thiazole rings is 1. The van der Waals surface area contributed by atoms with Gasteiger partial charge >= 0.3 is 5.63 Å². The first kappa shape index (κ1) is 24.8. The summed E-state index contributed by atoms with van der Waals surface area (Å²) in [5.74, 6) is 0. The van der Waals surface area contributed by atoms with Gasteiger partial charge in [0.25, 0.3) is 0 Å². The van der Waals surface area contributed by atoms with Crippen molar-refractivity contribution in [3.8, 4) is 34.3 Å². The van der Waals surface area contributed by atoms with E-state index in [0.717, 1.165) is 16.8 Å². The molecule has 0 spiro atoms. The number of allylic oxidation sites excluding steroid dienone is 1. The zero-order valence-electron chi connectivity index (χ0n) is 20.0. The van der Waals surface area contributed by atoms with E-state index in [9.17, 15) is 10.1 Å². The fourth-order valence-corrected chi connectivity index (χ4v) is 5.22. The highest BCUT2D eigenvalue weighted by molar-refractivity contribution is 7.11. The van der Waals surface area contributed by atoms with E-state index in [-0.39, 0.29) is 0 Å². The van der Waals surface area contributed by atoms with Gasteiger partial charge in [0, 0.05) is 38.1 Å². The van der Waals surface area contributed by atoms with E-state index in [2.05, 4.69) is 11.1 Å². The molecule has 9 heteroatoms. The molecule has 0 aliphatic heterocycles. The molecule has 3 aromatic heterocycles. The maximum absolute atomic E-state index is 12.7. The molecule has 6 nitrogen and oxygen atoms in total. The molecule has 0 radical (unpaired) electrons. The highest BCUT2D eigenvalue weighted by Crippen LogP contribution is 2.31. The van der Waals surface area contributed by atoms with Crippen LogP contribution in [-0.4, -0.2) is 14.8 Å². The van der Waals surface area contributed by atoms with Gasteiger partial charge < -0.3 is 4.42 Å². The Bertz CT molecular complexity index is 1970. The second-order valence-electron chi connectivity index (χ2n) is 8.56. The number of benzene rings is 3. The molecule has 6 rings (SSSR count). The van der Waals surface area contributed by atoms with Crippen molar-refractivity contribution in [1.29, 1.82) is 5.26 Å². The van der Waals surface area contributed by atoms with Crippen molar-refractivity contribution >= 4 is 57.2 Å². The summed E-state index contributed by atoms with van der Waals surface area (Å²) < 4.78 is 7.23. The Morgan fingerprint density at radius 2 is 1.77 bits per heavy atom. The second-order valence-corrected chi connectivity index (χ2v) is 10.3. The highest BCUT2D eigenvalue weighted by Gasteiger charge is 2.17. The van der Waals surface area contributed by atoms with Crippen LogP contribution in [0, 0.1) is 11.3 Å². The van der Waals surface area contributed by atoms with E-state index < -0.39 is 5.63 Å². The van der Waals surface area contributed by atoms with Crippen LogP contribution < -0.4 is 5.63 Å². The molecule has 39 heavy (non-hydrogen) atoms. The number of nitrogens with zero attached hydrogens (tertiary/aromatic N) is 4. The first-order chi connectivity index (χ1) is 19.0. The third kappa shape index (κ3) is 5.01. The average molecular weight is 567 g/mol. The molecule has 0 saturated heterocycles. The molecule has 188 valence electrons. The van der Waals surface area contributed by atoms with E-state index in [1.807, 2.05) is 48.7 Å². The van der Waals surface area contributed by atoms with Crippen LogP contribution in [0.15, 0.2) is 99.7 Å². The topological polar surface area (TPSA) is 84.7 Å². The standard InChI is InChI=1S/C30H16Cl2N4O2S/c31-22-8-6-18(7-9-22)28-21(16-36(35-28)24-4-2-1-3-5-24)12-20(15-33)29-34-26(17-39-29)25-14-19-13-23(32)10-11-27(19)38-30(25)37/h1-14,16-17H. The fourth-order valence-electron chi connectivity index (χ4n) is 4.13. The molecule has 3 heterocycles. The van der Waals surface area contributed by atoms with E-state index in [1.54, 1.807) is 52.5 Å². The zero-order chi connectivity index (χ0) is 26.9. The summed E-state index contributed by atoms with van der Waals surface area (Å²) >= 11 is 13.5. The predicted molar refractivity (Wildman–Crippen MR) is 156 cm³/mol. The number of fused-ring (bicyclic) bond motifs is 1. The molecule has 0 saturated carbocycles. The number of aromatic nitrogens is 3. The Hall–Kier alpha value is -4.48. The van der Waals surface area contributed by atoms with Crippen LogP contribution >= 0.6 is 34.5 Å². The quantitative estimate of drug-likeness (QED) is 0.155. The predicted octanol–water partition coefficient (Wildman–Crippen LogP) is 8.14. The number of nitriles is 1. The minimum Gasteiger partial charge on any atom is -0.422 e. The van der Waals surface area contributed by atoms with Gasteiger partial charge in [0.2, 0.25) is 0 Å². The molecular weight excluding hydrogens is 551 g/mol. The number of hydrogen-bond acceptors (Lipinski definition) is 6. The molecule has 0 N–H and O–H groups in total. The van der Waals surface area contributed by atoms with Crippen LogP contribution in [0.1, 0.15) is 10.6 Å². The van der Waals surface area contributed by atoms with Crippen LogP contribution in [0.5, 0.6) is 0 Å². The Labute approximate surface area is 236 Å². The van der Waals surface area contributed by atoms with Gasteiger partial charge in [0.1, 0.15) is 16.7 Å². The van der Waals surface area contributed by atoms with Crippen molar-refractivity contribution in [1.82, 2.24) is 14.8 Å². The van der Waals surface area contributed by atoms with Gasteiger partial charge in [-0.15, -0.1) is 11.3 Å². The number of hydrogen-bond donors (Lipinski definition) is 0. The maximum Gasteiger partial charge on any atom is 0.345 e. The third-order valence-corrected chi connectivity index (χ3v) is 7.37. The number of para-hydroxylation sites is 1.